The Labute approximate surface area is 163 Å². The predicted octanol–water partition coefficient (Wildman–Crippen LogP) is 3.48. The van der Waals surface area contributed by atoms with Crippen LogP contribution < -0.4 is 11.2 Å². The molecule has 1 atom stereocenters. The fourth-order valence-corrected chi connectivity index (χ4v) is 3.23. The number of benzene rings is 2. The maximum Gasteiger partial charge on any atom is 0.328 e. The van der Waals surface area contributed by atoms with Crippen molar-refractivity contribution in [3.8, 4) is 22.4 Å². The van der Waals surface area contributed by atoms with Crippen molar-refractivity contribution >= 4 is 0 Å². The van der Waals surface area contributed by atoms with Crippen molar-refractivity contribution in [1.29, 1.82) is 0 Å². The summed E-state index contributed by atoms with van der Waals surface area (Å²) in [6.45, 7) is 1.79. The fourth-order valence-electron chi connectivity index (χ4n) is 3.23. The number of hydrogen-bond acceptors (Lipinski definition) is 3. The number of nitrogens with one attached hydrogen (secondary N) is 2. The average molecular weight is 394 g/mol. The van der Waals surface area contributed by atoms with Gasteiger partial charge >= 0.3 is 5.69 Å². The van der Waals surface area contributed by atoms with Gasteiger partial charge in [-0.05, 0) is 41.8 Å². The minimum Gasteiger partial charge on any atom is -0.345 e. The maximum atomic E-state index is 13.6. The molecule has 8 heteroatoms. The number of hydrogen-bond donors (Lipinski definition) is 2. The molecule has 0 saturated carbocycles. The molecule has 2 N–H and O–H groups in total. The summed E-state index contributed by atoms with van der Waals surface area (Å²) in [6, 6.07) is 9.87. The van der Waals surface area contributed by atoms with Gasteiger partial charge in [0, 0.05) is 12.3 Å². The van der Waals surface area contributed by atoms with E-state index in [1.165, 1.54) is 10.8 Å². The second-order valence-electron chi connectivity index (χ2n) is 6.63. The Balaban J connectivity index is 1.80. The smallest absolute Gasteiger partial charge is 0.328 e. The molecule has 0 saturated heterocycles. The Morgan fingerprint density at radius 2 is 1.79 bits per heavy atom. The molecule has 0 amide bonds. The van der Waals surface area contributed by atoms with E-state index in [4.69, 9.17) is 0 Å². The highest BCUT2D eigenvalue weighted by molar-refractivity contribution is 5.62. The van der Waals surface area contributed by atoms with Crippen LogP contribution in [0.5, 0.6) is 0 Å². The van der Waals surface area contributed by atoms with E-state index in [1.54, 1.807) is 19.4 Å². The molecule has 29 heavy (non-hydrogen) atoms. The lowest BCUT2D eigenvalue weighted by Crippen LogP contribution is -2.32. The summed E-state index contributed by atoms with van der Waals surface area (Å²) < 4.78 is 28.5. The van der Waals surface area contributed by atoms with E-state index in [1.807, 2.05) is 24.3 Å². The highest BCUT2D eigenvalue weighted by atomic mass is 19.1. The third-order valence-corrected chi connectivity index (χ3v) is 4.74. The van der Waals surface area contributed by atoms with E-state index < -0.39 is 28.9 Å². The first-order chi connectivity index (χ1) is 13.9. The van der Waals surface area contributed by atoms with Crippen LogP contribution >= 0.6 is 0 Å². The van der Waals surface area contributed by atoms with E-state index in [2.05, 4.69) is 15.0 Å². The van der Waals surface area contributed by atoms with Crippen LogP contribution in [0.15, 0.2) is 70.8 Å². The van der Waals surface area contributed by atoms with Crippen molar-refractivity contribution in [3.63, 3.8) is 0 Å². The minimum atomic E-state index is -0.808. The molecule has 0 aliphatic carbocycles. The van der Waals surface area contributed by atoms with Gasteiger partial charge in [0.15, 0.2) is 0 Å². The van der Waals surface area contributed by atoms with Crippen LogP contribution in [0.3, 0.4) is 0 Å². The van der Waals surface area contributed by atoms with Gasteiger partial charge < -0.3 is 4.98 Å². The number of aromatic amines is 2. The van der Waals surface area contributed by atoms with Gasteiger partial charge in [0.2, 0.25) is 0 Å². The van der Waals surface area contributed by atoms with Gasteiger partial charge in [-0.1, -0.05) is 18.2 Å². The molecule has 0 aliphatic heterocycles. The number of H-pyrrole nitrogens is 2. The number of rotatable bonds is 4. The fraction of sp³-hybridized carbons (Fsp3) is 0.0952. The number of halogens is 2. The van der Waals surface area contributed by atoms with Crippen LogP contribution in [0, 0.1) is 11.6 Å². The number of imidazole rings is 1. The Morgan fingerprint density at radius 3 is 2.48 bits per heavy atom. The van der Waals surface area contributed by atoms with Crippen LogP contribution in [-0.2, 0) is 0 Å². The van der Waals surface area contributed by atoms with E-state index in [9.17, 15) is 18.4 Å². The van der Waals surface area contributed by atoms with E-state index in [-0.39, 0.29) is 11.1 Å². The van der Waals surface area contributed by atoms with Crippen LogP contribution in [0.1, 0.15) is 18.5 Å². The van der Waals surface area contributed by atoms with Crippen molar-refractivity contribution in [1.82, 2.24) is 19.5 Å². The molecule has 6 nitrogen and oxygen atoms in total. The standard InChI is InChI=1S/C21H16F2N4O2/c1-12(13-3-2-4-14(5-13)19-9-24-11-25-19)27-10-18(20(28)26-21(27)29)15-6-16(22)8-17(23)7-15/h2-12H,1H3,(H,24,25)(H,26,28,29)/t12-/m0/s1. The predicted molar refractivity (Wildman–Crippen MR) is 105 cm³/mol. The monoisotopic (exact) mass is 394 g/mol. The van der Waals surface area contributed by atoms with Gasteiger partial charge in [-0.25, -0.2) is 18.6 Å². The zero-order valence-corrected chi connectivity index (χ0v) is 15.3. The molecule has 0 spiro atoms. The third kappa shape index (κ3) is 3.64. The maximum absolute atomic E-state index is 13.6. The topological polar surface area (TPSA) is 83.5 Å². The molecule has 0 bridgehead atoms. The molecule has 2 aromatic carbocycles. The summed E-state index contributed by atoms with van der Waals surface area (Å²) in [7, 11) is 0. The molecule has 0 fully saturated rings. The van der Waals surface area contributed by atoms with E-state index in [0.29, 0.717) is 0 Å². The summed E-state index contributed by atoms with van der Waals surface area (Å²) in [5, 5.41) is 0. The molecular weight excluding hydrogens is 378 g/mol. The first-order valence-electron chi connectivity index (χ1n) is 8.83. The van der Waals surface area contributed by atoms with Crippen molar-refractivity contribution in [3.05, 3.63) is 99.2 Å². The van der Waals surface area contributed by atoms with Crippen LogP contribution in [0.4, 0.5) is 8.78 Å². The molecule has 0 radical (unpaired) electrons. The van der Waals surface area contributed by atoms with E-state index in [0.717, 1.165) is 35.0 Å². The summed E-state index contributed by atoms with van der Waals surface area (Å²) in [5.74, 6) is -1.62. The quantitative estimate of drug-likeness (QED) is 0.556. The van der Waals surface area contributed by atoms with Crippen molar-refractivity contribution in [2.24, 2.45) is 0 Å². The Morgan fingerprint density at radius 1 is 1.03 bits per heavy atom. The largest absolute Gasteiger partial charge is 0.345 e. The Kier molecular flexibility index (Phi) is 4.67. The van der Waals surface area contributed by atoms with Crippen LogP contribution in [0.25, 0.3) is 22.4 Å². The Hall–Kier alpha value is -3.81. The lowest BCUT2D eigenvalue weighted by molar-refractivity contribution is 0.583. The molecule has 2 heterocycles. The highest BCUT2D eigenvalue weighted by Crippen LogP contribution is 2.24. The lowest BCUT2D eigenvalue weighted by atomic mass is 10.0. The number of nitrogens with zero attached hydrogens (tertiary/aromatic N) is 2. The van der Waals surface area contributed by atoms with Crippen molar-refractivity contribution in [2.75, 3.05) is 0 Å². The summed E-state index contributed by atoms with van der Waals surface area (Å²) in [4.78, 5) is 33.9. The number of aromatic nitrogens is 4. The molecule has 4 aromatic rings. The summed E-state index contributed by atoms with van der Waals surface area (Å²) in [6.07, 6.45) is 4.58. The summed E-state index contributed by atoms with van der Waals surface area (Å²) in [5.41, 5.74) is 1.24. The van der Waals surface area contributed by atoms with Gasteiger partial charge in [0.05, 0.1) is 29.8 Å². The SMILES string of the molecule is C[C@@H](c1cccc(-c2cnc[nH]2)c1)n1cc(-c2cc(F)cc(F)c2)c(=O)[nH]c1=O. The lowest BCUT2D eigenvalue weighted by Gasteiger charge is -2.17. The van der Waals surface area contributed by atoms with Gasteiger partial charge in [-0.3, -0.25) is 14.3 Å². The molecule has 4 rings (SSSR count). The van der Waals surface area contributed by atoms with Gasteiger partial charge in [-0.15, -0.1) is 0 Å². The molecule has 0 unspecified atom stereocenters. The van der Waals surface area contributed by atoms with Gasteiger partial charge in [0.1, 0.15) is 11.6 Å². The van der Waals surface area contributed by atoms with Gasteiger partial charge in [-0.2, -0.15) is 0 Å². The zero-order chi connectivity index (χ0) is 20.5. The average Bonchev–Trinajstić information content (AvgIpc) is 3.22. The first-order valence-corrected chi connectivity index (χ1v) is 8.83. The van der Waals surface area contributed by atoms with Gasteiger partial charge in [0.25, 0.3) is 5.56 Å². The van der Waals surface area contributed by atoms with E-state index >= 15 is 0 Å². The second kappa shape index (κ2) is 7.31. The van der Waals surface area contributed by atoms with Crippen LogP contribution in [-0.4, -0.2) is 19.5 Å². The molecule has 2 aromatic heterocycles. The van der Waals surface area contributed by atoms with Crippen LogP contribution in [0.2, 0.25) is 0 Å². The molecule has 146 valence electrons. The highest BCUT2D eigenvalue weighted by Gasteiger charge is 2.15. The van der Waals surface area contributed by atoms with Crippen molar-refractivity contribution in [2.45, 2.75) is 13.0 Å². The molecular formula is C21H16F2N4O2. The summed E-state index contributed by atoms with van der Waals surface area (Å²) >= 11 is 0. The van der Waals surface area contributed by atoms with Crippen molar-refractivity contribution < 1.29 is 8.78 Å². The molecule has 0 aliphatic rings. The zero-order valence-electron chi connectivity index (χ0n) is 15.3. The minimum absolute atomic E-state index is 0.000396. The third-order valence-electron chi connectivity index (χ3n) is 4.74. The second-order valence-corrected chi connectivity index (χ2v) is 6.63. The first kappa shape index (κ1) is 18.5. The Bertz CT molecular complexity index is 1270. The normalized spacial score (nSPS) is 12.1.